The van der Waals surface area contributed by atoms with Crippen LogP contribution < -0.4 is 10.1 Å². The van der Waals surface area contributed by atoms with Crippen molar-refractivity contribution in [2.24, 2.45) is 0 Å². The molecule has 0 bridgehead atoms. The Morgan fingerprint density at radius 3 is 2.74 bits per heavy atom. The second-order valence-electron chi connectivity index (χ2n) is 4.78. The minimum atomic E-state index is -0.398. The molecule has 0 aliphatic rings. The first-order chi connectivity index (χ1) is 8.90. The van der Waals surface area contributed by atoms with Crippen molar-refractivity contribution in [2.75, 3.05) is 13.2 Å². The van der Waals surface area contributed by atoms with Crippen molar-refractivity contribution in [1.29, 1.82) is 0 Å². The van der Waals surface area contributed by atoms with E-state index < -0.39 is 4.92 Å². The molecule has 0 fully saturated rings. The van der Waals surface area contributed by atoms with Gasteiger partial charge in [-0.1, -0.05) is 20.4 Å². The van der Waals surface area contributed by atoms with Crippen LogP contribution in [0.4, 0.5) is 5.69 Å². The Bertz CT molecular complexity index is 470. The summed E-state index contributed by atoms with van der Waals surface area (Å²) < 4.78 is 5.55. The van der Waals surface area contributed by atoms with E-state index in [9.17, 15) is 10.1 Å². The van der Waals surface area contributed by atoms with E-state index in [1.807, 2.05) is 0 Å². The summed E-state index contributed by atoms with van der Waals surface area (Å²) in [5.41, 5.74) is 1.63. The number of aryl methyl sites for hydroxylation is 1. The molecule has 0 aliphatic carbocycles. The van der Waals surface area contributed by atoms with Crippen LogP contribution in [0, 0.1) is 17.0 Å². The van der Waals surface area contributed by atoms with Crippen LogP contribution >= 0.6 is 0 Å². The predicted molar refractivity (Wildman–Crippen MR) is 75.6 cm³/mol. The molecular weight excluding hydrogens is 244 g/mol. The maximum absolute atomic E-state index is 10.7. The molecule has 19 heavy (non-hydrogen) atoms. The molecule has 0 saturated carbocycles. The zero-order valence-electron chi connectivity index (χ0n) is 11.6. The van der Waals surface area contributed by atoms with Gasteiger partial charge in [-0.2, -0.15) is 0 Å². The van der Waals surface area contributed by atoms with Crippen molar-refractivity contribution in [3.63, 3.8) is 0 Å². The molecule has 0 saturated heterocycles. The summed E-state index contributed by atoms with van der Waals surface area (Å²) >= 11 is 0. The molecule has 0 atom stereocenters. The minimum absolute atomic E-state index is 0.104. The van der Waals surface area contributed by atoms with E-state index in [0.717, 1.165) is 5.57 Å². The third-order valence-corrected chi connectivity index (χ3v) is 2.57. The van der Waals surface area contributed by atoms with Gasteiger partial charge in [-0.3, -0.25) is 10.1 Å². The average molecular weight is 264 g/mol. The number of nitrogens with one attached hydrogen (secondary N) is 1. The van der Waals surface area contributed by atoms with Crippen molar-refractivity contribution in [3.8, 4) is 5.75 Å². The Morgan fingerprint density at radius 2 is 2.21 bits per heavy atom. The molecule has 1 aromatic carbocycles. The van der Waals surface area contributed by atoms with Gasteiger partial charge in [-0.05, 0) is 24.6 Å². The number of nitro benzene ring substituents is 1. The van der Waals surface area contributed by atoms with Crippen LogP contribution in [-0.2, 0) is 0 Å². The fourth-order valence-corrected chi connectivity index (χ4v) is 1.51. The van der Waals surface area contributed by atoms with Crippen LogP contribution in [0.1, 0.15) is 19.4 Å². The van der Waals surface area contributed by atoms with Gasteiger partial charge in [0.2, 0.25) is 0 Å². The molecule has 1 N–H and O–H groups in total. The molecule has 1 rings (SSSR count). The molecular formula is C14H20N2O3. The lowest BCUT2D eigenvalue weighted by Crippen LogP contribution is -2.26. The molecule has 0 aliphatic heterocycles. The first kappa shape index (κ1) is 15.2. The number of nitro groups is 1. The topological polar surface area (TPSA) is 64.4 Å². The third-order valence-electron chi connectivity index (χ3n) is 2.57. The number of hydrogen-bond donors (Lipinski definition) is 1. The highest BCUT2D eigenvalue weighted by Crippen LogP contribution is 2.23. The smallest absolute Gasteiger partial charge is 0.272 e. The quantitative estimate of drug-likeness (QED) is 0.467. The number of hydrogen-bond acceptors (Lipinski definition) is 4. The first-order valence-electron chi connectivity index (χ1n) is 6.18. The molecule has 0 amide bonds. The van der Waals surface area contributed by atoms with Gasteiger partial charge in [0, 0.05) is 24.2 Å². The molecule has 5 nitrogen and oxygen atoms in total. The molecule has 0 radical (unpaired) electrons. The van der Waals surface area contributed by atoms with Crippen LogP contribution in [0.3, 0.4) is 0 Å². The van der Waals surface area contributed by atoms with E-state index in [0.29, 0.717) is 30.5 Å². The van der Waals surface area contributed by atoms with E-state index >= 15 is 0 Å². The lowest BCUT2D eigenvalue weighted by atomic mass is 10.2. The standard InChI is InChI=1S/C14H20N2O3/c1-10(2)15-8-11(3)9-19-13-5-6-14(16(17)18)12(4)7-13/h5-7,10,15H,3,8-9H2,1-2,4H3. The molecule has 0 aromatic heterocycles. The van der Waals surface area contributed by atoms with Gasteiger partial charge < -0.3 is 10.1 Å². The van der Waals surface area contributed by atoms with Gasteiger partial charge in [-0.25, -0.2) is 0 Å². The maximum atomic E-state index is 10.7. The maximum Gasteiger partial charge on any atom is 0.272 e. The Kier molecular flexibility index (Phi) is 5.51. The van der Waals surface area contributed by atoms with Crippen LogP contribution in [0.15, 0.2) is 30.4 Å². The minimum Gasteiger partial charge on any atom is -0.489 e. The van der Waals surface area contributed by atoms with E-state index in [2.05, 4.69) is 25.7 Å². The molecule has 5 heteroatoms. The van der Waals surface area contributed by atoms with E-state index in [1.165, 1.54) is 6.07 Å². The predicted octanol–water partition coefficient (Wildman–Crippen LogP) is 2.84. The van der Waals surface area contributed by atoms with Gasteiger partial charge in [0.25, 0.3) is 5.69 Å². The second kappa shape index (κ2) is 6.89. The second-order valence-corrected chi connectivity index (χ2v) is 4.78. The van der Waals surface area contributed by atoms with Crippen molar-refractivity contribution in [3.05, 3.63) is 46.0 Å². The monoisotopic (exact) mass is 264 g/mol. The highest BCUT2D eigenvalue weighted by molar-refractivity contribution is 5.44. The van der Waals surface area contributed by atoms with E-state index in [4.69, 9.17) is 4.74 Å². The van der Waals surface area contributed by atoms with Crippen molar-refractivity contribution >= 4 is 5.69 Å². The highest BCUT2D eigenvalue weighted by Gasteiger charge is 2.10. The van der Waals surface area contributed by atoms with Gasteiger partial charge in [0.1, 0.15) is 12.4 Å². The summed E-state index contributed by atoms with van der Waals surface area (Å²) in [6.07, 6.45) is 0. The highest BCUT2D eigenvalue weighted by atomic mass is 16.6. The molecule has 104 valence electrons. The fourth-order valence-electron chi connectivity index (χ4n) is 1.51. The summed E-state index contributed by atoms with van der Waals surface area (Å²) in [5, 5.41) is 13.9. The zero-order chi connectivity index (χ0) is 14.4. The van der Waals surface area contributed by atoms with Crippen LogP contribution in [0.25, 0.3) is 0 Å². The summed E-state index contributed by atoms with van der Waals surface area (Å²) in [7, 11) is 0. The van der Waals surface area contributed by atoms with Crippen molar-refractivity contribution in [2.45, 2.75) is 26.8 Å². The van der Waals surface area contributed by atoms with Crippen LogP contribution in [0.2, 0.25) is 0 Å². The summed E-state index contributed by atoms with van der Waals surface area (Å²) in [6.45, 7) is 10.8. The Labute approximate surface area is 113 Å². The molecule has 0 heterocycles. The van der Waals surface area contributed by atoms with Crippen molar-refractivity contribution in [1.82, 2.24) is 5.32 Å². The Morgan fingerprint density at radius 1 is 1.53 bits per heavy atom. The van der Waals surface area contributed by atoms with Gasteiger partial charge in [-0.15, -0.1) is 0 Å². The van der Waals surface area contributed by atoms with Gasteiger partial charge >= 0.3 is 0 Å². The Balaban J connectivity index is 2.52. The number of nitrogens with zero attached hydrogens (tertiary/aromatic N) is 1. The summed E-state index contributed by atoms with van der Waals surface area (Å²) in [4.78, 5) is 10.3. The Hall–Kier alpha value is -1.88. The van der Waals surface area contributed by atoms with Gasteiger partial charge in [0.05, 0.1) is 4.92 Å². The zero-order valence-corrected chi connectivity index (χ0v) is 11.6. The van der Waals surface area contributed by atoms with E-state index in [1.54, 1.807) is 19.1 Å². The molecule has 1 aromatic rings. The molecule has 0 spiro atoms. The lowest BCUT2D eigenvalue weighted by Gasteiger charge is -2.12. The van der Waals surface area contributed by atoms with Crippen LogP contribution in [0.5, 0.6) is 5.75 Å². The third kappa shape index (κ3) is 5.09. The normalized spacial score (nSPS) is 10.5. The summed E-state index contributed by atoms with van der Waals surface area (Å²) in [6, 6.07) is 5.13. The summed E-state index contributed by atoms with van der Waals surface area (Å²) in [5.74, 6) is 0.619. The number of ether oxygens (including phenoxy) is 1. The number of benzene rings is 1. The van der Waals surface area contributed by atoms with Gasteiger partial charge in [0.15, 0.2) is 0 Å². The number of rotatable bonds is 7. The lowest BCUT2D eigenvalue weighted by molar-refractivity contribution is -0.385. The first-order valence-corrected chi connectivity index (χ1v) is 6.18. The fraction of sp³-hybridized carbons (Fsp3) is 0.429. The van der Waals surface area contributed by atoms with E-state index in [-0.39, 0.29) is 5.69 Å². The molecule has 0 unspecified atom stereocenters. The van der Waals surface area contributed by atoms with Crippen molar-refractivity contribution < 1.29 is 9.66 Å². The van der Waals surface area contributed by atoms with Crippen LogP contribution in [-0.4, -0.2) is 24.1 Å². The average Bonchev–Trinajstić information content (AvgIpc) is 2.33. The largest absolute Gasteiger partial charge is 0.489 e. The SMILES string of the molecule is C=C(CNC(C)C)COc1ccc([N+](=O)[O-])c(C)c1.